The highest BCUT2D eigenvalue weighted by molar-refractivity contribution is 7.89. The second-order valence-electron chi connectivity index (χ2n) is 5.89. The molecule has 0 aliphatic heterocycles. The molecule has 0 aliphatic carbocycles. The molecule has 1 amide bonds. The Morgan fingerprint density at radius 3 is 2.54 bits per heavy atom. The van der Waals surface area contributed by atoms with Gasteiger partial charge in [0.1, 0.15) is 5.82 Å². The van der Waals surface area contributed by atoms with E-state index in [-0.39, 0.29) is 27.2 Å². The second-order valence-corrected chi connectivity index (χ2v) is 8.01. The van der Waals surface area contributed by atoms with Gasteiger partial charge in [0, 0.05) is 6.04 Å². The van der Waals surface area contributed by atoms with Crippen molar-refractivity contribution in [1.29, 1.82) is 0 Å². The third kappa shape index (κ3) is 5.03. The lowest BCUT2D eigenvalue weighted by molar-refractivity contribution is 0.102. The summed E-state index contributed by atoms with van der Waals surface area (Å²) in [6.07, 6.45) is 1.50. The van der Waals surface area contributed by atoms with Gasteiger partial charge in [0.2, 0.25) is 10.0 Å². The van der Waals surface area contributed by atoms with Crippen LogP contribution in [0.15, 0.2) is 47.4 Å². The maximum atomic E-state index is 14.3. The highest BCUT2D eigenvalue weighted by atomic mass is 35.5. The van der Waals surface area contributed by atoms with Crippen molar-refractivity contribution >= 4 is 33.2 Å². The number of carbonyl (C=O) groups excluding carboxylic acids is 1. The van der Waals surface area contributed by atoms with E-state index in [4.69, 9.17) is 11.6 Å². The number of benzene rings is 2. The lowest BCUT2D eigenvalue weighted by Gasteiger charge is -2.14. The molecule has 140 valence electrons. The Balaban J connectivity index is 2.19. The van der Waals surface area contributed by atoms with Gasteiger partial charge < -0.3 is 5.32 Å². The fraction of sp³-hybridized carbons (Fsp3) is 0.278. The van der Waals surface area contributed by atoms with Crippen LogP contribution in [0.5, 0.6) is 0 Å². The van der Waals surface area contributed by atoms with Crippen LogP contribution in [0.1, 0.15) is 37.0 Å². The lowest BCUT2D eigenvalue weighted by Crippen LogP contribution is -2.32. The first kappa shape index (κ1) is 20.4. The van der Waals surface area contributed by atoms with Gasteiger partial charge in [-0.1, -0.05) is 37.1 Å². The minimum absolute atomic E-state index is 0.129. The van der Waals surface area contributed by atoms with Crippen molar-refractivity contribution < 1.29 is 17.6 Å². The quantitative estimate of drug-likeness (QED) is 0.734. The van der Waals surface area contributed by atoms with Crippen LogP contribution in [0.4, 0.5) is 10.1 Å². The Bertz CT molecular complexity index is 903. The van der Waals surface area contributed by atoms with Crippen molar-refractivity contribution in [3.05, 3.63) is 58.9 Å². The summed E-state index contributed by atoms with van der Waals surface area (Å²) in [6.45, 7) is 3.69. The predicted octanol–water partition coefficient (Wildman–Crippen LogP) is 4.20. The molecule has 26 heavy (non-hydrogen) atoms. The highest BCUT2D eigenvalue weighted by Crippen LogP contribution is 2.22. The Labute approximate surface area is 157 Å². The minimum Gasteiger partial charge on any atom is -0.319 e. The van der Waals surface area contributed by atoms with Gasteiger partial charge in [-0.2, -0.15) is 0 Å². The van der Waals surface area contributed by atoms with E-state index in [0.29, 0.717) is 6.42 Å². The van der Waals surface area contributed by atoms with E-state index in [1.54, 1.807) is 25.1 Å². The van der Waals surface area contributed by atoms with Crippen LogP contribution >= 0.6 is 11.6 Å². The number of carbonyl (C=O) groups is 1. The molecular weight excluding hydrogens is 379 g/mol. The Hall–Kier alpha value is -1.96. The summed E-state index contributed by atoms with van der Waals surface area (Å²) in [5.74, 6) is -1.43. The van der Waals surface area contributed by atoms with Crippen molar-refractivity contribution in [1.82, 2.24) is 4.72 Å². The average molecular weight is 399 g/mol. The molecule has 2 aromatic carbocycles. The molecule has 2 rings (SSSR count). The van der Waals surface area contributed by atoms with Crippen molar-refractivity contribution in [3.63, 3.8) is 0 Å². The summed E-state index contributed by atoms with van der Waals surface area (Å²) in [5.41, 5.74) is 0.0656. The molecule has 1 atom stereocenters. The number of nitrogens with one attached hydrogen (secondary N) is 2. The Morgan fingerprint density at radius 1 is 1.23 bits per heavy atom. The standard InChI is InChI=1S/C18H20ClFN2O3S/c1-3-6-12(2)22-26(24,25)13-9-10-17(16(20)11-13)21-18(23)14-7-4-5-8-15(14)19/h4-5,7-12,22H,3,6H2,1-2H3,(H,21,23)/t12-/m1/s1. The predicted molar refractivity (Wildman–Crippen MR) is 100 cm³/mol. The van der Waals surface area contributed by atoms with Crippen LogP contribution in [0.25, 0.3) is 0 Å². The molecule has 0 spiro atoms. The number of hydrogen-bond acceptors (Lipinski definition) is 3. The van der Waals surface area contributed by atoms with E-state index in [0.717, 1.165) is 12.5 Å². The van der Waals surface area contributed by atoms with Crippen LogP contribution in [0.3, 0.4) is 0 Å². The number of sulfonamides is 1. The van der Waals surface area contributed by atoms with Crippen LogP contribution < -0.4 is 10.0 Å². The molecule has 2 aromatic rings. The summed E-state index contributed by atoms with van der Waals surface area (Å²) in [4.78, 5) is 12.0. The summed E-state index contributed by atoms with van der Waals surface area (Å²) in [6, 6.07) is 9.44. The maximum Gasteiger partial charge on any atom is 0.257 e. The first-order chi connectivity index (χ1) is 12.2. The van der Waals surface area contributed by atoms with Crippen molar-refractivity contribution in [2.75, 3.05) is 5.32 Å². The SMILES string of the molecule is CCC[C@@H](C)NS(=O)(=O)c1ccc(NC(=O)c2ccccc2Cl)c(F)c1. The largest absolute Gasteiger partial charge is 0.319 e. The average Bonchev–Trinajstić information content (AvgIpc) is 2.56. The zero-order chi connectivity index (χ0) is 19.3. The van der Waals surface area contributed by atoms with Gasteiger partial charge in [0.25, 0.3) is 5.91 Å². The van der Waals surface area contributed by atoms with Crippen molar-refractivity contribution in [3.8, 4) is 0 Å². The zero-order valence-electron chi connectivity index (χ0n) is 14.4. The monoisotopic (exact) mass is 398 g/mol. The molecule has 0 unspecified atom stereocenters. The fourth-order valence-corrected chi connectivity index (χ4v) is 3.94. The lowest BCUT2D eigenvalue weighted by atomic mass is 10.2. The molecule has 2 N–H and O–H groups in total. The zero-order valence-corrected chi connectivity index (χ0v) is 16.0. The third-order valence-corrected chi connectivity index (χ3v) is 5.61. The molecule has 0 aliphatic rings. The Kier molecular flexibility index (Phi) is 6.75. The van der Waals surface area contributed by atoms with Gasteiger partial charge in [-0.05, 0) is 43.7 Å². The van der Waals surface area contributed by atoms with Crippen molar-refractivity contribution in [2.24, 2.45) is 0 Å². The molecule has 0 saturated carbocycles. The number of anilines is 1. The van der Waals surface area contributed by atoms with E-state index in [9.17, 15) is 17.6 Å². The maximum absolute atomic E-state index is 14.3. The van der Waals surface area contributed by atoms with Gasteiger partial charge in [-0.3, -0.25) is 4.79 Å². The number of rotatable bonds is 7. The van der Waals surface area contributed by atoms with E-state index in [1.165, 1.54) is 18.2 Å². The van der Waals surface area contributed by atoms with E-state index in [1.807, 2.05) is 6.92 Å². The molecule has 0 heterocycles. The number of halogens is 2. The fourth-order valence-electron chi connectivity index (χ4n) is 2.42. The van der Waals surface area contributed by atoms with Crippen LogP contribution in [0, 0.1) is 5.82 Å². The molecule has 0 aromatic heterocycles. The van der Waals surface area contributed by atoms with Gasteiger partial charge in [-0.25, -0.2) is 17.5 Å². The van der Waals surface area contributed by atoms with Gasteiger partial charge >= 0.3 is 0 Å². The van der Waals surface area contributed by atoms with E-state index in [2.05, 4.69) is 10.0 Å². The van der Waals surface area contributed by atoms with Gasteiger partial charge in [0.15, 0.2) is 0 Å². The summed E-state index contributed by atoms with van der Waals surface area (Å²) < 4.78 is 41.4. The molecule has 8 heteroatoms. The smallest absolute Gasteiger partial charge is 0.257 e. The third-order valence-electron chi connectivity index (χ3n) is 3.70. The summed E-state index contributed by atoms with van der Waals surface area (Å²) >= 11 is 5.94. The molecule has 0 saturated heterocycles. The molecule has 0 bridgehead atoms. The molecule has 5 nitrogen and oxygen atoms in total. The highest BCUT2D eigenvalue weighted by Gasteiger charge is 2.19. The first-order valence-electron chi connectivity index (χ1n) is 8.12. The summed E-state index contributed by atoms with van der Waals surface area (Å²) in [5, 5.41) is 2.63. The first-order valence-corrected chi connectivity index (χ1v) is 9.98. The topological polar surface area (TPSA) is 75.3 Å². The minimum atomic E-state index is -3.83. The van der Waals surface area contributed by atoms with Crippen molar-refractivity contribution in [2.45, 2.75) is 37.6 Å². The van der Waals surface area contributed by atoms with Crippen LogP contribution in [0.2, 0.25) is 5.02 Å². The molecule has 0 radical (unpaired) electrons. The van der Waals surface area contributed by atoms with Gasteiger partial charge in [-0.15, -0.1) is 0 Å². The number of hydrogen-bond donors (Lipinski definition) is 2. The van der Waals surface area contributed by atoms with E-state index >= 15 is 0 Å². The van der Waals surface area contributed by atoms with Gasteiger partial charge in [0.05, 0.1) is 21.2 Å². The van der Waals surface area contributed by atoms with Crippen LogP contribution in [-0.2, 0) is 10.0 Å². The molecule has 0 fully saturated rings. The van der Waals surface area contributed by atoms with Crippen LogP contribution in [-0.4, -0.2) is 20.4 Å². The Morgan fingerprint density at radius 2 is 1.92 bits per heavy atom. The normalized spacial score (nSPS) is 12.6. The summed E-state index contributed by atoms with van der Waals surface area (Å²) in [7, 11) is -3.83. The second kappa shape index (κ2) is 8.62. The van der Waals surface area contributed by atoms with E-state index < -0.39 is 21.7 Å². The molecular formula is C18H20ClFN2O3S. The number of amides is 1.